The summed E-state index contributed by atoms with van der Waals surface area (Å²) in [4.78, 5) is 2.65. The fraction of sp³-hybridized carbons (Fsp3) is 1.00. The largest absolute Gasteiger partial charge is 0.322 e. The minimum atomic E-state index is 0.393. The summed E-state index contributed by atoms with van der Waals surface area (Å²) in [6, 6.07) is 2.85. The predicted molar refractivity (Wildman–Crippen MR) is 30.6 cm³/mol. The molecule has 0 aromatic carbocycles. The highest BCUT2D eigenvalue weighted by atomic mass is 15.6. The van der Waals surface area contributed by atoms with Gasteiger partial charge in [0.25, 0.3) is 0 Å². The molecule has 3 heterocycles. The van der Waals surface area contributed by atoms with Crippen molar-refractivity contribution in [2.45, 2.75) is 23.7 Å². The van der Waals surface area contributed by atoms with Crippen LogP contribution < -0.4 is 5.73 Å². The predicted octanol–water partition coefficient (Wildman–Crippen LogP) is -0.992. The van der Waals surface area contributed by atoms with Gasteiger partial charge in [0.05, 0.1) is 5.54 Å². The van der Waals surface area contributed by atoms with Crippen molar-refractivity contribution in [3.63, 3.8) is 0 Å². The van der Waals surface area contributed by atoms with Crippen LogP contribution in [0.15, 0.2) is 0 Å². The Morgan fingerprint density at radius 1 is 1.22 bits per heavy atom. The van der Waals surface area contributed by atoms with E-state index in [9.17, 15) is 0 Å². The average molecular weight is 120 g/mol. The first-order chi connectivity index (χ1) is 4.37. The molecule has 6 fully saturated rings. The van der Waals surface area contributed by atoms with Crippen molar-refractivity contribution in [3.8, 4) is 0 Å². The van der Waals surface area contributed by atoms with E-state index in [-0.39, 0.29) is 0 Å². The van der Waals surface area contributed by atoms with Gasteiger partial charge < -0.3 is 5.73 Å². The molecule has 0 aromatic heterocycles. The number of nitrogens with two attached hydrogens (primary N) is 1. The molecule has 0 spiro atoms. The normalized spacial score (nSPS) is 99.7. The zero-order valence-corrected chi connectivity index (χ0v) is 4.99. The summed E-state index contributed by atoms with van der Waals surface area (Å²) in [5, 5.41) is 0. The van der Waals surface area contributed by atoms with E-state index in [1.807, 2.05) is 0 Å². The van der Waals surface area contributed by atoms with Crippen molar-refractivity contribution in [1.82, 2.24) is 4.90 Å². The topological polar surface area (TPSA) is 29.3 Å². The van der Waals surface area contributed by atoms with E-state index < -0.39 is 0 Å². The molecule has 46 valence electrons. The first-order valence-electron chi connectivity index (χ1n) is 3.93. The Hall–Kier alpha value is -0.0800. The van der Waals surface area contributed by atoms with Gasteiger partial charge >= 0.3 is 0 Å². The smallest absolute Gasteiger partial charge is 0.0513 e. The van der Waals surface area contributed by atoms with E-state index in [4.69, 9.17) is 5.73 Å². The summed E-state index contributed by atoms with van der Waals surface area (Å²) in [7, 11) is 0. The van der Waals surface area contributed by atoms with Crippen LogP contribution in [0.2, 0.25) is 0 Å². The van der Waals surface area contributed by atoms with Crippen molar-refractivity contribution in [2.75, 3.05) is 0 Å². The lowest BCUT2D eigenvalue weighted by Crippen LogP contribution is -3.21. The highest BCUT2D eigenvalue weighted by molar-refractivity contribution is 5.58. The Morgan fingerprint density at radius 2 is 1.89 bits per heavy atom. The van der Waals surface area contributed by atoms with Crippen LogP contribution in [0.3, 0.4) is 0 Å². The molecular weight excluding hydrogens is 112 g/mol. The molecule has 9 heavy (non-hydrogen) atoms. The van der Waals surface area contributed by atoms with Crippen LogP contribution in [0, 0.1) is 17.8 Å². The van der Waals surface area contributed by atoms with Crippen molar-refractivity contribution in [1.29, 1.82) is 0 Å². The Balaban J connectivity index is 1.93. The Morgan fingerprint density at radius 3 is 2.11 bits per heavy atom. The summed E-state index contributed by atoms with van der Waals surface area (Å²) in [6.45, 7) is 0. The molecule has 2 nitrogen and oxygen atoms in total. The van der Waals surface area contributed by atoms with Crippen LogP contribution in [-0.4, -0.2) is 28.6 Å². The third-order valence-electron chi connectivity index (χ3n) is 4.94. The number of rotatable bonds is 0. The zero-order chi connectivity index (χ0) is 5.54. The molecule has 0 bridgehead atoms. The zero-order valence-electron chi connectivity index (χ0n) is 4.99. The van der Waals surface area contributed by atoms with Gasteiger partial charge in [0.2, 0.25) is 0 Å². The second-order valence-corrected chi connectivity index (χ2v) is 4.51. The molecule has 3 saturated carbocycles. The van der Waals surface area contributed by atoms with Gasteiger partial charge in [-0.15, -0.1) is 0 Å². The molecule has 2 N–H and O–H groups in total. The van der Waals surface area contributed by atoms with Gasteiger partial charge in [-0.1, -0.05) is 0 Å². The van der Waals surface area contributed by atoms with E-state index in [1.165, 1.54) is 0 Å². The minimum Gasteiger partial charge on any atom is -0.322 e. The SMILES string of the molecule is NC12C3C4C5C3C1N5C42. The molecule has 0 radical (unpaired) electrons. The molecule has 3 aliphatic carbocycles. The highest BCUT2D eigenvalue weighted by Crippen LogP contribution is 2.90. The molecule has 3 aliphatic heterocycles. The van der Waals surface area contributed by atoms with Gasteiger partial charge in [-0.25, -0.2) is 0 Å². The van der Waals surface area contributed by atoms with Gasteiger partial charge in [0, 0.05) is 18.1 Å². The monoisotopic (exact) mass is 120 g/mol. The van der Waals surface area contributed by atoms with Gasteiger partial charge in [-0.05, 0) is 17.8 Å². The van der Waals surface area contributed by atoms with Crippen molar-refractivity contribution in [2.24, 2.45) is 23.5 Å². The minimum absolute atomic E-state index is 0.393. The fourth-order valence-electron chi connectivity index (χ4n) is 4.79. The number of nitrogens with zero attached hydrogens (tertiary/aromatic N) is 1. The molecule has 3 saturated heterocycles. The van der Waals surface area contributed by atoms with E-state index >= 15 is 0 Å². The van der Waals surface area contributed by atoms with Gasteiger partial charge in [0.15, 0.2) is 0 Å². The first-order valence-corrected chi connectivity index (χ1v) is 3.93. The molecule has 4 atom stereocenters. The maximum absolute atomic E-state index is 6.14. The second-order valence-electron chi connectivity index (χ2n) is 4.51. The van der Waals surface area contributed by atoms with Gasteiger partial charge in [-0.3, -0.25) is 4.90 Å². The molecule has 4 unspecified atom stereocenters. The summed E-state index contributed by atoms with van der Waals surface area (Å²) < 4.78 is 0. The van der Waals surface area contributed by atoms with Crippen molar-refractivity contribution in [3.05, 3.63) is 0 Å². The molecule has 6 rings (SSSR count). The van der Waals surface area contributed by atoms with Crippen molar-refractivity contribution < 1.29 is 0 Å². The Labute approximate surface area is 53.0 Å². The third-order valence-corrected chi connectivity index (χ3v) is 4.94. The Bertz CT molecular complexity index is 209. The summed E-state index contributed by atoms with van der Waals surface area (Å²) in [6.07, 6.45) is 0. The lowest BCUT2D eigenvalue weighted by Gasteiger charge is -3.07. The maximum atomic E-state index is 6.14. The van der Waals surface area contributed by atoms with E-state index in [0.29, 0.717) is 5.54 Å². The molecule has 2 heteroatoms. The average Bonchev–Trinajstić information content (AvgIpc) is 1.88. The van der Waals surface area contributed by atoms with E-state index in [1.54, 1.807) is 0 Å². The maximum Gasteiger partial charge on any atom is 0.0513 e. The summed E-state index contributed by atoms with van der Waals surface area (Å²) in [5.41, 5.74) is 6.53. The van der Waals surface area contributed by atoms with Crippen molar-refractivity contribution >= 4 is 0 Å². The number of hydrogen-bond donors (Lipinski definition) is 1. The number of piperidine rings is 12. The van der Waals surface area contributed by atoms with E-state index in [0.717, 1.165) is 35.9 Å². The molecular formula is C7H8N2. The van der Waals surface area contributed by atoms with Crippen LogP contribution in [0.4, 0.5) is 0 Å². The lowest BCUT2D eigenvalue weighted by atomic mass is 9.13. The summed E-state index contributed by atoms with van der Waals surface area (Å²) >= 11 is 0. The fourth-order valence-corrected chi connectivity index (χ4v) is 4.79. The lowest BCUT2D eigenvalue weighted by molar-refractivity contribution is -0.554. The summed E-state index contributed by atoms with van der Waals surface area (Å²) in [5.74, 6) is 3.22. The molecule has 6 aliphatic rings. The van der Waals surface area contributed by atoms with Gasteiger partial charge in [0.1, 0.15) is 0 Å². The van der Waals surface area contributed by atoms with Gasteiger partial charge in [-0.2, -0.15) is 0 Å². The van der Waals surface area contributed by atoms with Crippen LogP contribution in [0.5, 0.6) is 0 Å². The third kappa shape index (κ3) is 0.0955. The molecule has 0 aromatic rings. The Kier molecular flexibility index (Phi) is 0.195. The highest BCUT2D eigenvalue weighted by Gasteiger charge is 3.03. The number of hydrogen-bond acceptors (Lipinski definition) is 2. The van der Waals surface area contributed by atoms with Crippen LogP contribution >= 0.6 is 0 Å². The van der Waals surface area contributed by atoms with E-state index in [2.05, 4.69) is 4.90 Å². The van der Waals surface area contributed by atoms with Crippen LogP contribution in [-0.2, 0) is 0 Å². The van der Waals surface area contributed by atoms with Crippen LogP contribution in [0.25, 0.3) is 0 Å². The first kappa shape index (κ1) is 3.35. The standard InChI is InChI=1S/C7H8N2/c8-7-3-1-4-2(3)6(7)9(4)5(1)7/h1-6H,8H2. The van der Waals surface area contributed by atoms with Crippen LogP contribution in [0.1, 0.15) is 0 Å². The second kappa shape index (κ2) is 0.523. The molecule has 0 amide bonds. The quantitative estimate of drug-likeness (QED) is 0.444.